The molecule has 188 valence electrons. The van der Waals surface area contributed by atoms with E-state index in [1.807, 2.05) is 30.3 Å². The monoisotopic (exact) mass is 498 g/mol. The Labute approximate surface area is 207 Å². The summed E-state index contributed by atoms with van der Waals surface area (Å²) in [5.74, 6) is -2.38. The minimum atomic E-state index is -4.54. The van der Waals surface area contributed by atoms with Gasteiger partial charge in [0.25, 0.3) is 5.91 Å². The molecule has 0 radical (unpaired) electrons. The number of carbonyl (C=O) groups excluding carboxylic acids is 2. The molecule has 0 aliphatic heterocycles. The third-order valence-corrected chi connectivity index (χ3v) is 5.65. The smallest absolute Gasteiger partial charge is 0.426 e. The van der Waals surface area contributed by atoms with Gasteiger partial charge in [-0.15, -0.1) is 0 Å². The van der Waals surface area contributed by atoms with Gasteiger partial charge in [0.1, 0.15) is 6.04 Å². The molecular formula is C26H26BF3N2O4. The van der Waals surface area contributed by atoms with Crippen LogP contribution in [0.1, 0.15) is 33.5 Å². The molecule has 3 rings (SSSR count). The highest BCUT2D eigenvalue weighted by Gasteiger charge is 2.31. The van der Waals surface area contributed by atoms with Gasteiger partial charge in [-0.3, -0.25) is 9.59 Å². The molecule has 0 bridgehead atoms. The number of halogens is 3. The number of nitrogens with one attached hydrogen (secondary N) is 2. The van der Waals surface area contributed by atoms with Gasteiger partial charge in [0.05, 0.1) is 11.5 Å². The van der Waals surface area contributed by atoms with E-state index in [1.165, 1.54) is 0 Å². The molecule has 0 aliphatic rings. The van der Waals surface area contributed by atoms with Crippen molar-refractivity contribution in [1.29, 1.82) is 0 Å². The van der Waals surface area contributed by atoms with Crippen molar-refractivity contribution in [2.75, 3.05) is 0 Å². The number of benzene rings is 3. The summed E-state index contributed by atoms with van der Waals surface area (Å²) in [5.41, 5.74) is 0.747. The molecule has 0 saturated heterocycles. The van der Waals surface area contributed by atoms with Gasteiger partial charge < -0.3 is 20.7 Å². The quantitative estimate of drug-likeness (QED) is 0.323. The van der Waals surface area contributed by atoms with Gasteiger partial charge in [-0.05, 0) is 48.2 Å². The Balaban J connectivity index is 1.73. The van der Waals surface area contributed by atoms with Crippen molar-refractivity contribution in [3.05, 3.63) is 107 Å². The Morgan fingerprint density at radius 1 is 0.806 bits per heavy atom. The lowest BCUT2D eigenvalue weighted by Gasteiger charge is -2.23. The zero-order valence-electron chi connectivity index (χ0n) is 19.3. The zero-order valence-corrected chi connectivity index (χ0v) is 19.3. The maximum absolute atomic E-state index is 13.1. The van der Waals surface area contributed by atoms with Crippen LogP contribution in [-0.4, -0.2) is 41.0 Å². The van der Waals surface area contributed by atoms with Crippen molar-refractivity contribution >= 4 is 18.9 Å². The van der Waals surface area contributed by atoms with Crippen molar-refractivity contribution < 1.29 is 32.8 Å². The van der Waals surface area contributed by atoms with E-state index in [4.69, 9.17) is 0 Å². The molecule has 3 aromatic rings. The first-order valence-electron chi connectivity index (χ1n) is 11.4. The summed E-state index contributed by atoms with van der Waals surface area (Å²) in [5, 5.41) is 24.8. The van der Waals surface area contributed by atoms with Gasteiger partial charge >= 0.3 is 13.3 Å². The number of carbonyl (C=O) groups is 2. The predicted molar refractivity (Wildman–Crippen MR) is 130 cm³/mol. The fourth-order valence-electron chi connectivity index (χ4n) is 3.66. The lowest BCUT2D eigenvalue weighted by molar-refractivity contribution is -0.137. The topological polar surface area (TPSA) is 98.7 Å². The highest BCUT2D eigenvalue weighted by molar-refractivity contribution is 6.43. The van der Waals surface area contributed by atoms with Gasteiger partial charge in [0.15, 0.2) is 0 Å². The van der Waals surface area contributed by atoms with E-state index < -0.39 is 42.7 Å². The number of rotatable bonds is 10. The maximum atomic E-state index is 13.1. The van der Waals surface area contributed by atoms with Crippen LogP contribution < -0.4 is 10.6 Å². The number of amides is 2. The van der Waals surface area contributed by atoms with Crippen LogP contribution in [0.2, 0.25) is 0 Å². The van der Waals surface area contributed by atoms with Crippen LogP contribution in [0, 0.1) is 0 Å². The lowest BCUT2D eigenvalue weighted by atomic mass is 9.76. The van der Waals surface area contributed by atoms with E-state index in [-0.39, 0.29) is 18.4 Å². The van der Waals surface area contributed by atoms with Crippen LogP contribution in [0.15, 0.2) is 84.9 Å². The average Bonchev–Trinajstić information content (AvgIpc) is 2.86. The second-order valence-corrected chi connectivity index (χ2v) is 8.34. The third-order valence-electron chi connectivity index (χ3n) is 5.65. The number of aryl methyl sites for hydroxylation is 1. The molecule has 0 unspecified atom stereocenters. The molecule has 0 aliphatic carbocycles. The van der Waals surface area contributed by atoms with Crippen LogP contribution in [0.4, 0.5) is 13.2 Å². The van der Waals surface area contributed by atoms with Crippen molar-refractivity contribution in [2.24, 2.45) is 0 Å². The molecule has 3 aromatic carbocycles. The van der Waals surface area contributed by atoms with Gasteiger partial charge in [-0.2, -0.15) is 13.2 Å². The van der Waals surface area contributed by atoms with Crippen LogP contribution in [0.5, 0.6) is 0 Å². The Kier molecular flexibility index (Phi) is 9.27. The SMILES string of the molecule is O=C(N[C@@H](Cc1ccccc1)C(=O)N[C@@H](CCc1ccccc1)B(O)O)c1ccc(C(F)(F)F)cc1. The number of alkyl halides is 3. The summed E-state index contributed by atoms with van der Waals surface area (Å²) in [6.07, 6.45) is -3.74. The van der Waals surface area contributed by atoms with Crippen molar-refractivity contribution in [3.63, 3.8) is 0 Å². The Bertz CT molecular complexity index is 1130. The van der Waals surface area contributed by atoms with Gasteiger partial charge in [-0.25, -0.2) is 0 Å². The second-order valence-electron chi connectivity index (χ2n) is 8.34. The highest BCUT2D eigenvalue weighted by Crippen LogP contribution is 2.29. The van der Waals surface area contributed by atoms with Gasteiger partial charge in [0.2, 0.25) is 5.91 Å². The molecule has 0 spiro atoms. The van der Waals surface area contributed by atoms with Gasteiger partial charge in [-0.1, -0.05) is 60.7 Å². The molecule has 2 atom stereocenters. The zero-order chi connectivity index (χ0) is 26.1. The van der Waals surface area contributed by atoms with Crippen molar-refractivity contribution in [3.8, 4) is 0 Å². The second kappa shape index (κ2) is 12.4. The molecule has 10 heteroatoms. The Morgan fingerprint density at radius 2 is 1.36 bits per heavy atom. The summed E-state index contributed by atoms with van der Waals surface area (Å²) >= 11 is 0. The fourth-order valence-corrected chi connectivity index (χ4v) is 3.66. The van der Waals surface area contributed by atoms with Crippen LogP contribution >= 0.6 is 0 Å². The molecule has 0 fully saturated rings. The molecule has 36 heavy (non-hydrogen) atoms. The minimum absolute atomic E-state index is 0.0447. The van der Waals surface area contributed by atoms with E-state index in [1.54, 1.807) is 30.3 Å². The number of hydrogen-bond acceptors (Lipinski definition) is 4. The van der Waals surface area contributed by atoms with Crippen LogP contribution in [0.3, 0.4) is 0 Å². The summed E-state index contributed by atoms with van der Waals surface area (Å²) in [7, 11) is -1.83. The maximum Gasteiger partial charge on any atom is 0.475 e. The van der Waals surface area contributed by atoms with E-state index >= 15 is 0 Å². The molecule has 0 saturated carbocycles. The summed E-state index contributed by atoms with van der Waals surface area (Å²) in [6.45, 7) is 0. The lowest BCUT2D eigenvalue weighted by Crippen LogP contribution is -2.54. The third kappa shape index (κ3) is 7.96. The predicted octanol–water partition coefficient (Wildman–Crippen LogP) is 3.18. The average molecular weight is 498 g/mol. The molecule has 6 nitrogen and oxygen atoms in total. The standard InChI is InChI=1S/C26H26BF3N2O4/c28-26(29,30)21-14-12-20(13-15-21)24(33)31-22(17-19-9-5-2-6-10-19)25(34)32-23(27(35)36)16-11-18-7-3-1-4-8-18/h1-10,12-15,22-23,35-36H,11,16-17H2,(H,31,33)(H,32,34)/t22-,23-/m0/s1. The fraction of sp³-hybridized carbons (Fsp3) is 0.231. The van der Waals surface area contributed by atoms with E-state index in [0.29, 0.717) is 6.42 Å². The van der Waals surface area contributed by atoms with Crippen LogP contribution in [0.25, 0.3) is 0 Å². The minimum Gasteiger partial charge on any atom is -0.426 e. The summed E-state index contributed by atoms with van der Waals surface area (Å²) in [4.78, 5) is 25.9. The summed E-state index contributed by atoms with van der Waals surface area (Å²) in [6, 6.07) is 20.7. The first-order chi connectivity index (χ1) is 17.1. The van der Waals surface area contributed by atoms with E-state index in [0.717, 1.165) is 35.4 Å². The first kappa shape index (κ1) is 27.0. The Morgan fingerprint density at radius 3 is 1.89 bits per heavy atom. The van der Waals surface area contributed by atoms with E-state index in [2.05, 4.69) is 10.6 Å². The molecule has 2 amide bonds. The first-order valence-corrected chi connectivity index (χ1v) is 11.4. The molecule has 0 heterocycles. The molecular weight excluding hydrogens is 472 g/mol. The largest absolute Gasteiger partial charge is 0.475 e. The normalized spacial score (nSPS) is 12.9. The highest BCUT2D eigenvalue weighted by atomic mass is 19.4. The molecule has 0 aromatic heterocycles. The Hall–Kier alpha value is -3.63. The number of hydrogen-bond donors (Lipinski definition) is 4. The van der Waals surface area contributed by atoms with Crippen molar-refractivity contribution in [1.82, 2.24) is 10.6 Å². The van der Waals surface area contributed by atoms with Crippen molar-refractivity contribution in [2.45, 2.75) is 37.4 Å². The molecule has 4 N–H and O–H groups in total. The van der Waals surface area contributed by atoms with Gasteiger partial charge in [0, 0.05) is 12.0 Å². The van der Waals surface area contributed by atoms with E-state index in [9.17, 15) is 32.8 Å². The summed E-state index contributed by atoms with van der Waals surface area (Å²) < 4.78 is 38.5. The van der Waals surface area contributed by atoms with Crippen LogP contribution in [-0.2, 0) is 23.8 Å².